The van der Waals surface area contributed by atoms with E-state index in [0.717, 1.165) is 18.5 Å². The molecule has 1 aliphatic carbocycles. The summed E-state index contributed by atoms with van der Waals surface area (Å²) in [5, 5.41) is 13.3. The van der Waals surface area contributed by atoms with Gasteiger partial charge in [0.15, 0.2) is 0 Å². The number of benzene rings is 1. The first-order chi connectivity index (χ1) is 12.0. The van der Waals surface area contributed by atoms with Gasteiger partial charge in [-0.25, -0.2) is 4.90 Å². The molecule has 1 aromatic carbocycles. The highest BCUT2D eigenvalue weighted by atomic mass is 35.5. The normalized spacial score (nSPS) is 31.2. The van der Waals surface area contributed by atoms with Gasteiger partial charge in [-0.3, -0.25) is 9.59 Å². The third-order valence-electron chi connectivity index (χ3n) is 5.93. The highest BCUT2D eigenvalue weighted by Gasteiger charge is 2.55. The molecule has 3 aliphatic rings. The minimum Gasteiger partial charge on any atom is -0.396 e. The van der Waals surface area contributed by atoms with Gasteiger partial charge in [0.05, 0.1) is 21.1 Å². The number of carbonyl (C=O) groups excluding carboxylic acids is 2. The molecule has 0 aromatic heterocycles. The SMILES string of the molecule is O=C(C1CCC(CO)C1)N1C(=O)[C@@]2(CCNC2)c2cc(Cl)c(Cl)cc21. The van der Waals surface area contributed by atoms with E-state index in [2.05, 4.69) is 5.32 Å². The van der Waals surface area contributed by atoms with Crippen molar-refractivity contribution in [3.63, 3.8) is 0 Å². The van der Waals surface area contributed by atoms with Crippen molar-refractivity contribution in [1.82, 2.24) is 5.32 Å². The summed E-state index contributed by atoms with van der Waals surface area (Å²) in [5.41, 5.74) is 0.635. The zero-order chi connectivity index (χ0) is 17.8. The standard InChI is InChI=1S/C18H20Cl2N2O3/c19-13-6-12-15(7-14(13)20)22(17(25)18(12)3-4-21-9-18)16(24)11-2-1-10(5-11)8-23/h6-7,10-11,21,23H,1-5,8-9H2/t10?,11?,18-/m1/s1. The Hall–Kier alpha value is -1.14. The molecular formula is C18H20Cl2N2O3. The lowest BCUT2D eigenvalue weighted by molar-refractivity contribution is -0.130. The van der Waals surface area contributed by atoms with Crippen LogP contribution in [-0.2, 0) is 15.0 Å². The Balaban J connectivity index is 1.76. The maximum atomic E-state index is 13.3. The number of hydrogen-bond donors (Lipinski definition) is 2. The highest BCUT2D eigenvalue weighted by Crippen LogP contribution is 2.49. The average molecular weight is 383 g/mol. The summed E-state index contributed by atoms with van der Waals surface area (Å²) in [7, 11) is 0. The van der Waals surface area contributed by atoms with E-state index in [-0.39, 0.29) is 30.3 Å². The van der Waals surface area contributed by atoms with Gasteiger partial charge < -0.3 is 10.4 Å². The average Bonchev–Trinajstić information content (AvgIpc) is 3.30. The van der Waals surface area contributed by atoms with Gasteiger partial charge in [0, 0.05) is 19.1 Å². The van der Waals surface area contributed by atoms with Gasteiger partial charge in [-0.15, -0.1) is 0 Å². The molecule has 1 saturated carbocycles. The van der Waals surface area contributed by atoms with Crippen LogP contribution in [0.2, 0.25) is 10.0 Å². The molecule has 2 amide bonds. The first-order valence-electron chi connectivity index (χ1n) is 8.67. The smallest absolute Gasteiger partial charge is 0.245 e. The lowest BCUT2D eigenvalue weighted by Gasteiger charge is -2.23. The van der Waals surface area contributed by atoms with Crippen LogP contribution in [0.1, 0.15) is 31.2 Å². The maximum Gasteiger partial charge on any atom is 0.245 e. The van der Waals surface area contributed by atoms with Gasteiger partial charge >= 0.3 is 0 Å². The Morgan fingerprint density at radius 2 is 2.08 bits per heavy atom. The highest BCUT2D eigenvalue weighted by molar-refractivity contribution is 6.42. The first kappa shape index (κ1) is 17.3. The van der Waals surface area contributed by atoms with Crippen LogP contribution in [0.5, 0.6) is 0 Å². The van der Waals surface area contributed by atoms with E-state index in [4.69, 9.17) is 23.2 Å². The number of aliphatic hydroxyl groups excluding tert-OH is 1. The number of carbonyl (C=O) groups is 2. The van der Waals surface area contributed by atoms with Crippen LogP contribution in [0.15, 0.2) is 12.1 Å². The Kier molecular flexibility index (Phi) is 4.31. The van der Waals surface area contributed by atoms with Crippen LogP contribution < -0.4 is 10.2 Å². The van der Waals surface area contributed by atoms with Crippen molar-refractivity contribution in [2.75, 3.05) is 24.6 Å². The second-order valence-electron chi connectivity index (χ2n) is 7.33. The third-order valence-corrected chi connectivity index (χ3v) is 6.65. The molecule has 4 rings (SSSR count). The van der Waals surface area contributed by atoms with Gasteiger partial charge in [0.1, 0.15) is 0 Å². The summed E-state index contributed by atoms with van der Waals surface area (Å²) in [6, 6.07) is 3.38. The monoisotopic (exact) mass is 382 g/mol. The molecule has 0 radical (unpaired) electrons. The largest absolute Gasteiger partial charge is 0.396 e. The number of rotatable bonds is 2. The molecule has 1 saturated heterocycles. The van der Waals surface area contributed by atoms with Crippen molar-refractivity contribution in [2.24, 2.45) is 11.8 Å². The van der Waals surface area contributed by atoms with E-state index < -0.39 is 5.41 Å². The Bertz CT molecular complexity index is 746. The first-order valence-corrected chi connectivity index (χ1v) is 9.43. The molecule has 2 heterocycles. The molecule has 134 valence electrons. The fourth-order valence-electron chi connectivity index (χ4n) is 4.51. The molecule has 0 bridgehead atoms. The van der Waals surface area contributed by atoms with Gasteiger partial charge in [0.2, 0.25) is 11.8 Å². The van der Waals surface area contributed by atoms with Gasteiger partial charge in [-0.05, 0) is 55.8 Å². The lowest BCUT2D eigenvalue weighted by atomic mass is 9.81. The van der Waals surface area contributed by atoms with E-state index in [9.17, 15) is 14.7 Å². The molecule has 2 unspecified atom stereocenters. The fourth-order valence-corrected chi connectivity index (χ4v) is 4.84. The Morgan fingerprint density at radius 1 is 1.32 bits per heavy atom. The van der Waals surface area contributed by atoms with Crippen LogP contribution in [-0.4, -0.2) is 36.6 Å². The van der Waals surface area contributed by atoms with Gasteiger partial charge in [-0.1, -0.05) is 23.2 Å². The van der Waals surface area contributed by atoms with Crippen molar-refractivity contribution < 1.29 is 14.7 Å². The van der Waals surface area contributed by atoms with E-state index >= 15 is 0 Å². The van der Waals surface area contributed by atoms with Crippen LogP contribution in [0.25, 0.3) is 0 Å². The topological polar surface area (TPSA) is 69.6 Å². The molecule has 2 N–H and O–H groups in total. The molecule has 5 nitrogen and oxygen atoms in total. The van der Waals surface area contributed by atoms with Crippen LogP contribution in [0.4, 0.5) is 5.69 Å². The van der Waals surface area contributed by atoms with E-state index in [1.807, 2.05) is 0 Å². The molecule has 7 heteroatoms. The molecule has 2 aliphatic heterocycles. The second kappa shape index (κ2) is 6.23. The molecule has 3 atom stereocenters. The number of nitrogens with one attached hydrogen (secondary N) is 1. The Morgan fingerprint density at radius 3 is 2.72 bits per heavy atom. The van der Waals surface area contributed by atoms with Gasteiger partial charge in [0.25, 0.3) is 0 Å². The van der Waals surface area contributed by atoms with E-state index in [1.165, 1.54) is 4.90 Å². The van der Waals surface area contributed by atoms with Crippen molar-refractivity contribution in [2.45, 2.75) is 31.1 Å². The number of hydrogen-bond acceptors (Lipinski definition) is 4. The molecular weight excluding hydrogens is 363 g/mol. The molecule has 2 fully saturated rings. The summed E-state index contributed by atoms with van der Waals surface area (Å²) in [4.78, 5) is 27.8. The minimum atomic E-state index is -0.728. The molecule has 25 heavy (non-hydrogen) atoms. The quantitative estimate of drug-likeness (QED) is 0.770. The summed E-state index contributed by atoms with van der Waals surface area (Å²) in [6.45, 7) is 1.32. The number of anilines is 1. The number of imide groups is 1. The predicted octanol–water partition coefficient (Wildman–Crippen LogP) is 2.51. The van der Waals surface area contributed by atoms with Gasteiger partial charge in [-0.2, -0.15) is 0 Å². The van der Waals surface area contributed by atoms with Crippen molar-refractivity contribution in [1.29, 1.82) is 0 Å². The third kappa shape index (κ3) is 2.52. The van der Waals surface area contributed by atoms with Crippen LogP contribution in [0.3, 0.4) is 0 Å². The summed E-state index contributed by atoms with van der Waals surface area (Å²) >= 11 is 12.4. The fraction of sp³-hybridized carbons (Fsp3) is 0.556. The zero-order valence-electron chi connectivity index (χ0n) is 13.7. The van der Waals surface area contributed by atoms with Crippen LogP contribution in [0, 0.1) is 11.8 Å². The Labute approximate surface area is 156 Å². The number of fused-ring (bicyclic) bond motifs is 2. The lowest BCUT2D eigenvalue weighted by Crippen LogP contribution is -2.46. The van der Waals surface area contributed by atoms with Crippen molar-refractivity contribution >= 4 is 40.7 Å². The zero-order valence-corrected chi connectivity index (χ0v) is 15.2. The summed E-state index contributed by atoms with van der Waals surface area (Å²) in [5.74, 6) is -0.442. The number of aliphatic hydroxyl groups is 1. The van der Waals surface area contributed by atoms with E-state index in [1.54, 1.807) is 12.1 Å². The predicted molar refractivity (Wildman–Crippen MR) is 96.0 cm³/mol. The number of nitrogens with zero attached hydrogens (tertiary/aromatic N) is 1. The van der Waals surface area contributed by atoms with E-state index in [0.29, 0.717) is 41.5 Å². The summed E-state index contributed by atoms with van der Waals surface area (Å²) in [6.07, 6.45) is 2.79. The maximum absolute atomic E-state index is 13.3. The minimum absolute atomic E-state index is 0.0869. The molecule has 1 spiro atoms. The van der Waals surface area contributed by atoms with Crippen molar-refractivity contribution in [3.05, 3.63) is 27.7 Å². The second-order valence-corrected chi connectivity index (χ2v) is 8.14. The van der Waals surface area contributed by atoms with Crippen LogP contribution >= 0.6 is 23.2 Å². The molecule has 1 aromatic rings. The van der Waals surface area contributed by atoms with Crippen molar-refractivity contribution in [3.8, 4) is 0 Å². The number of halogens is 2. The number of amides is 2. The summed E-state index contributed by atoms with van der Waals surface area (Å²) < 4.78 is 0.